The second-order valence-electron chi connectivity index (χ2n) is 6.98. The second kappa shape index (κ2) is 6.86. The Morgan fingerprint density at radius 1 is 1.30 bits per heavy atom. The number of Topliss-reactive ketones (excluding diaryl/α,β-unsaturated/α-hetero) is 1. The third-order valence-corrected chi connectivity index (χ3v) is 4.55. The number of carbonyl (C=O) groups excluding carboxylic acids is 2. The molecule has 0 aliphatic carbocycles. The summed E-state index contributed by atoms with van der Waals surface area (Å²) in [5.41, 5.74) is -3.65. The Morgan fingerprint density at radius 3 is 2.37 bits per heavy atom. The highest BCUT2D eigenvalue weighted by Gasteiger charge is 2.47. The van der Waals surface area contributed by atoms with Gasteiger partial charge in [0.25, 0.3) is 0 Å². The first-order chi connectivity index (χ1) is 12.3. The number of amides is 1. The van der Waals surface area contributed by atoms with E-state index in [1.807, 2.05) is 0 Å². The second-order valence-corrected chi connectivity index (χ2v) is 6.98. The summed E-state index contributed by atoms with van der Waals surface area (Å²) in [5.74, 6) is -2.25. The third kappa shape index (κ3) is 3.77. The fraction of sp³-hybridized carbons (Fsp3) is 0.500. The fourth-order valence-corrected chi connectivity index (χ4v) is 2.93. The van der Waals surface area contributed by atoms with Crippen molar-refractivity contribution in [2.45, 2.75) is 46.4 Å². The summed E-state index contributed by atoms with van der Waals surface area (Å²) >= 11 is 0. The number of ketones is 1. The van der Waals surface area contributed by atoms with Gasteiger partial charge < -0.3 is 9.84 Å². The van der Waals surface area contributed by atoms with E-state index in [0.717, 1.165) is 11.0 Å². The van der Waals surface area contributed by atoms with Crippen LogP contribution in [0.15, 0.2) is 12.1 Å². The number of rotatable bonds is 2. The SMILES string of the molecule is Cc1cc2c(cc1C(F)(F)F)N(C(=O)OC(C)C)CCC(C)(C(=O)O)C2=O. The summed E-state index contributed by atoms with van der Waals surface area (Å²) in [6.07, 6.45) is -6.44. The van der Waals surface area contributed by atoms with Crippen LogP contribution in [0.4, 0.5) is 23.7 Å². The van der Waals surface area contributed by atoms with Gasteiger partial charge in [0.2, 0.25) is 0 Å². The van der Waals surface area contributed by atoms with Crippen molar-refractivity contribution >= 4 is 23.5 Å². The maximum Gasteiger partial charge on any atom is 0.416 e. The van der Waals surface area contributed by atoms with Gasteiger partial charge in [0.15, 0.2) is 5.78 Å². The number of aliphatic carboxylic acids is 1. The van der Waals surface area contributed by atoms with Crippen molar-refractivity contribution < 1.29 is 37.4 Å². The van der Waals surface area contributed by atoms with Crippen LogP contribution in [0.1, 0.15) is 48.7 Å². The van der Waals surface area contributed by atoms with E-state index in [0.29, 0.717) is 6.07 Å². The zero-order valence-corrected chi connectivity index (χ0v) is 15.3. The molecule has 0 fully saturated rings. The molecule has 0 saturated heterocycles. The van der Waals surface area contributed by atoms with Crippen LogP contribution in [-0.4, -0.2) is 35.6 Å². The number of halogens is 3. The Kier molecular flexibility index (Phi) is 5.27. The molecule has 9 heteroatoms. The number of carboxylic acid groups (broad SMARTS) is 1. The first kappa shape index (κ1) is 20.7. The predicted molar refractivity (Wildman–Crippen MR) is 89.8 cm³/mol. The molecule has 1 N–H and O–H groups in total. The molecule has 1 atom stereocenters. The number of anilines is 1. The van der Waals surface area contributed by atoms with Gasteiger partial charge in [0, 0.05) is 12.1 Å². The molecule has 1 amide bonds. The molecular weight excluding hydrogens is 367 g/mol. The highest BCUT2D eigenvalue weighted by molar-refractivity contribution is 6.16. The first-order valence-corrected chi connectivity index (χ1v) is 8.27. The van der Waals surface area contributed by atoms with E-state index >= 15 is 0 Å². The Morgan fingerprint density at radius 2 is 1.89 bits per heavy atom. The third-order valence-electron chi connectivity index (χ3n) is 4.55. The Bertz CT molecular complexity index is 803. The van der Waals surface area contributed by atoms with Crippen molar-refractivity contribution in [2.75, 3.05) is 11.4 Å². The number of nitrogens with zero attached hydrogens (tertiary/aromatic N) is 1. The molecule has 0 saturated carbocycles. The zero-order valence-electron chi connectivity index (χ0n) is 15.3. The van der Waals surface area contributed by atoms with Crippen LogP contribution in [0, 0.1) is 12.3 Å². The van der Waals surface area contributed by atoms with Gasteiger partial charge in [-0.05, 0) is 51.8 Å². The van der Waals surface area contributed by atoms with Crippen molar-refractivity contribution in [1.29, 1.82) is 0 Å². The summed E-state index contributed by atoms with van der Waals surface area (Å²) in [6, 6.07) is 1.69. The average Bonchev–Trinajstić information content (AvgIpc) is 2.62. The molecule has 0 spiro atoms. The molecule has 1 unspecified atom stereocenters. The Hall–Kier alpha value is -2.58. The van der Waals surface area contributed by atoms with E-state index in [2.05, 4.69) is 0 Å². The summed E-state index contributed by atoms with van der Waals surface area (Å²) in [5, 5.41) is 9.51. The van der Waals surface area contributed by atoms with E-state index < -0.39 is 41.1 Å². The van der Waals surface area contributed by atoms with Crippen LogP contribution >= 0.6 is 0 Å². The number of benzene rings is 1. The molecule has 148 valence electrons. The lowest BCUT2D eigenvalue weighted by Gasteiger charge is -2.24. The standard InChI is InChI=1S/C18H20F3NO5/c1-9(2)27-16(26)22-6-5-17(4,15(24)25)14(23)11-7-10(3)12(8-13(11)22)18(19,20)21/h7-9H,5-6H2,1-4H3,(H,24,25). The molecule has 1 aliphatic heterocycles. The van der Waals surface area contributed by atoms with Crippen LogP contribution in [0.3, 0.4) is 0 Å². The van der Waals surface area contributed by atoms with Gasteiger partial charge in [-0.2, -0.15) is 13.2 Å². The normalized spacial score (nSPS) is 20.3. The zero-order chi connectivity index (χ0) is 20.7. The average molecular weight is 387 g/mol. The molecule has 0 aromatic heterocycles. The van der Waals surface area contributed by atoms with E-state index in [-0.39, 0.29) is 29.8 Å². The lowest BCUT2D eigenvalue weighted by molar-refractivity contribution is -0.145. The summed E-state index contributed by atoms with van der Waals surface area (Å²) in [7, 11) is 0. The highest BCUT2D eigenvalue weighted by Crippen LogP contribution is 2.41. The Labute approximate surface area is 153 Å². The van der Waals surface area contributed by atoms with E-state index in [9.17, 15) is 32.7 Å². The number of fused-ring (bicyclic) bond motifs is 1. The van der Waals surface area contributed by atoms with Crippen LogP contribution in [-0.2, 0) is 15.7 Å². The predicted octanol–water partition coefficient (Wildman–Crippen LogP) is 4.04. The van der Waals surface area contributed by atoms with Gasteiger partial charge in [0.1, 0.15) is 5.41 Å². The highest BCUT2D eigenvalue weighted by atomic mass is 19.4. The van der Waals surface area contributed by atoms with Gasteiger partial charge >= 0.3 is 18.2 Å². The molecule has 1 aromatic rings. The molecule has 1 aliphatic rings. The quantitative estimate of drug-likeness (QED) is 0.775. The molecule has 0 bridgehead atoms. The minimum atomic E-state index is -4.70. The molecule has 1 heterocycles. The van der Waals surface area contributed by atoms with Crippen molar-refractivity contribution in [2.24, 2.45) is 5.41 Å². The lowest BCUT2D eigenvalue weighted by atomic mass is 9.79. The number of carboxylic acids is 1. The fourth-order valence-electron chi connectivity index (χ4n) is 2.93. The van der Waals surface area contributed by atoms with Gasteiger partial charge in [-0.1, -0.05) is 0 Å². The van der Waals surface area contributed by atoms with Crippen LogP contribution < -0.4 is 4.90 Å². The van der Waals surface area contributed by atoms with Crippen molar-refractivity contribution in [3.63, 3.8) is 0 Å². The number of alkyl halides is 3. The molecule has 27 heavy (non-hydrogen) atoms. The number of hydrogen-bond donors (Lipinski definition) is 1. The topological polar surface area (TPSA) is 83.9 Å². The minimum Gasteiger partial charge on any atom is -0.480 e. The Balaban J connectivity index is 2.73. The summed E-state index contributed by atoms with van der Waals surface area (Å²) in [4.78, 5) is 37.9. The van der Waals surface area contributed by atoms with Gasteiger partial charge in [-0.3, -0.25) is 14.5 Å². The molecule has 2 rings (SSSR count). The maximum absolute atomic E-state index is 13.3. The summed E-state index contributed by atoms with van der Waals surface area (Å²) < 4.78 is 45.0. The number of carbonyl (C=O) groups is 3. The molecule has 0 radical (unpaired) electrons. The first-order valence-electron chi connectivity index (χ1n) is 8.27. The largest absolute Gasteiger partial charge is 0.480 e. The van der Waals surface area contributed by atoms with Crippen molar-refractivity contribution in [3.8, 4) is 0 Å². The van der Waals surface area contributed by atoms with E-state index in [1.165, 1.54) is 13.8 Å². The van der Waals surface area contributed by atoms with Crippen LogP contribution in [0.5, 0.6) is 0 Å². The molecule has 1 aromatic carbocycles. The van der Waals surface area contributed by atoms with Crippen LogP contribution in [0.25, 0.3) is 0 Å². The van der Waals surface area contributed by atoms with E-state index in [4.69, 9.17) is 4.74 Å². The lowest BCUT2D eigenvalue weighted by Crippen LogP contribution is -2.38. The smallest absolute Gasteiger partial charge is 0.416 e. The number of hydrogen-bond acceptors (Lipinski definition) is 4. The summed E-state index contributed by atoms with van der Waals surface area (Å²) in [6.45, 7) is 5.24. The monoisotopic (exact) mass is 387 g/mol. The van der Waals surface area contributed by atoms with Crippen LogP contribution in [0.2, 0.25) is 0 Å². The number of ether oxygens (including phenoxy) is 1. The molecular formula is C18H20F3NO5. The number of aryl methyl sites for hydroxylation is 1. The van der Waals surface area contributed by atoms with Crippen molar-refractivity contribution in [3.05, 3.63) is 28.8 Å². The van der Waals surface area contributed by atoms with Crippen molar-refractivity contribution in [1.82, 2.24) is 0 Å². The van der Waals surface area contributed by atoms with Gasteiger partial charge in [0.05, 0.1) is 17.4 Å². The van der Waals surface area contributed by atoms with Gasteiger partial charge in [-0.25, -0.2) is 4.79 Å². The minimum absolute atomic E-state index is 0.235. The maximum atomic E-state index is 13.3. The van der Waals surface area contributed by atoms with Gasteiger partial charge in [-0.15, -0.1) is 0 Å². The van der Waals surface area contributed by atoms with E-state index in [1.54, 1.807) is 13.8 Å². The molecule has 6 nitrogen and oxygen atoms in total.